The zero-order chi connectivity index (χ0) is 17.4. The molecule has 0 spiro atoms. The van der Waals surface area contributed by atoms with E-state index in [1.807, 2.05) is 12.1 Å². The third-order valence-corrected chi connectivity index (χ3v) is 6.88. The molecule has 0 radical (unpaired) electrons. The highest BCUT2D eigenvalue weighted by Gasteiger charge is 2.50. The first-order valence-electron chi connectivity index (χ1n) is 9.83. The molecule has 1 aromatic carbocycles. The number of hydrogen-bond donors (Lipinski definition) is 1. The summed E-state index contributed by atoms with van der Waals surface area (Å²) in [5, 5.41) is 0. The van der Waals surface area contributed by atoms with Crippen LogP contribution in [-0.4, -0.2) is 37.0 Å². The lowest BCUT2D eigenvalue weighted by Gasteiger charge is -2.37. The molecule has 2 saturated carbocycles. The molecule has 0 aromatic heterocycles. The summed E-state index contributed by atoms with van der Waals surface area (Å²) >= 11 is 0. The zero-order valence-corrected chi connectivity index (χ0v) is 16.4. The second kappa shape index (κ2) is 8.18. The van der Waals surface area contributed by atoms with Gasteiger partial charge in [-0.15, -0.1) is 12.4 Å². The van der Waals surface area contributed by atoms with Gasteiger partial charge in [0.1, 0.15) is 5.75 Å². The predicted octanol–water partition coefficient (Wildman–Crippen LogP) is 3.27. The lowest BCUT2D eigenvalue weighted by molar-refractivity contribution is -0.139. The smallest absolute Gasteiger partial charge is 0.227 e. The van der Waals surface area contributed by atoms with Gasteiger partial charge in [-0.1, -0.05) is 12.1 Å². The maximum Gasteiger partial charge on any atom is 0.227 e. The molecule has 5 heteroatoms. The summed E-state index contributed by atoms with van der Waals surface area (Å²) in [7, 11) is 1.70. The number of carbonyl (C=O) groups excluding carboxylic acids is 1. The summed E-state index contributed by atoms with van der Waals surface area (Å²) in [5.74, 6) is 3.20. The Morgan fingerprint density at radius 2 is 1.77 bits per heavy atom. The standard InChI is InChI=1S/C21H30N2O2.ClH/c1-25-18-6-2-14(3-7-18)12-15-8-10-23(11-9-15)21(24)19-16-4-5-17(13-16)20(19)22;/h2-3,6-7,15-17,19-20H,4-5,8-13,22H2,1H3;1H. The first kappa shape index (κ1) is 19.5. The van der Waals surface area contributed by atoms with Gasteiger partial charge >= 0.3 is 0 Å². The van der Waals surface area contributed by atoms with Gasteiger partial charge in [-0.25, -0.2) is 0 Å². The largest absolute Gasteiger partial charge is 0.497 e. The fraction of sp³-hybridized carbons (Fsp3) is 0.667. The van der Waals surface area contributed by atoms with E-state index in [1.165, 1.54) is 24.8 Å². The quantitative estimate of drug-likeness (QED) is 0.874. The van der Waals surface area contributed by atoms with E-state index in [2.05, 4.69) is 17.0 Å². The van der Waals surface area contributed by atoms with Crippen molar-refractivity contribution in [1.82, 2.24) is 4.90 Å². The van der Waals surface area contributed by atoms with Crippen molar-refractivity contribution < 1.29 is 9.53 Å². The Morgan fingerprint density at radius 3 is 2.35 bits per heavy atom. The molecule has 4 nitrogen and oxygen atoms in total. The van der Waals surface area contributed by atoms with Gasteiger partial charge in [0, 0.05) is 19.1 Å². The first-order valence-corrected chi connectivity index (χ1v) is 9.83. The van der Waals surface area contributed by atoms with Crippen LogP contribution in [0.15, 0.2) is 24.3 Å². The van der Waals surface area contributed by atoms with Crippen molar-refractivity contribution in [3.8, 4) is 5.75 Å². The Bertz CT molecular complexity index is 611. The summed E-state index contributed by atoms with van der Waals surface area (Å²) in [5.41, 5.74) is 7.73. The molecule has 1 saturated heterocycles. The van der Waals surface area contributed by atoms with Crippen LogP contribution >= 0.6 is 12.4 Å². The molecule has 3 fully saturated rings. The summed E-state index contributed by atoms with van der Waals surface area (Å²) < 4.78 is 5.22. The van der Waals surface area contributed by atoms with E-state index in [9.17, 15) is 4.79 Å². The Morgan fingerprint density at radius 1 is 1.12 bits per heavy atom. The number of amides is 1. The minimum absolute atomic E-state index is 0. The number of likely N-dealkylation sites (tertiary alicyclic amines) is 1. The second-order valence-corrected chi connectivity index (χ2v) is 8.26. The number of rotatable bonds is 4. The van der Waals surface area contributed by atoms with Crippen molar-refractivity contribution in [1.29, 1.82) is 0 Å². The number of fused-ring (bicyclic) bond motifs is 2. The fourth-order valence-electron chi connectivity index (χ4n) is 5.37. The molecule has 1 amide bonds. The highest BCUT2D eigenvalue weighted by atomic mass is 35.5. The van der Waals surface area contributed by atoms with Gasteiger partial charge in [0.2, 0.25) is 5.91 Å². The Kier molecular flexibility index (Phi) is 6.13. The van der Waals surface area contributed by atoms with E-state index in [0.29, 0.717) is 23.7 Å². The molecular weight excluding hydrogens is 348 g/mol. The summed E-state index contributed by atoms with van der Waals surface area (Å²) in [6.45, 7) is 1.81. The van der Waals surface area contributed by atoms with Crippen molar-refractivity contribution in [3.63, 3.8) is 0 Å². The molecule has 1 aromatic rings. The van der Waals surface area contributed by atoms with Crippen molar-refractivity contribution in [2.45, 2.75) is 44.6 Å². The summed E-state index contributed by atoms with van der Waals surface area (Å²) in [6.07, 6.45) is 6.94. The molecule has 4 rings (SSSR count). The maximum absolute atomic E-state index is 13.0. The Labute approximate surface area is 162 Å². The van der Waals surface area contributed by atoms with Gasteiger partial charge in [-0.05, 0) is 74.0 Å². The van der Waals surface area contributed by atoms with E-state index >= 15 is 0 Å². The molecule has 2 bridgehead atoms. The van der Waals surface area contributed by atoms with E-state index < -0.39 is 0 Å². The van der Waals surface area contributed by atoms with Gasteiger partial charge in [-0.2, -0.15) is 0 Å². The normalized spacial score (nSPS) is 30.9. The van der Waals surface area contributed by atoms with Crippen LogP contribution in [-0.2, 0) is 11.2 Å². The topological polar surface area (TPSA) is 55.6 Å². The lowest BCUT2D eigenvalue weighted by Crippen LogP contribution is -2.49. The van der Waals surface area contributed by atoms with E-state index in [0.717, 1.165) is 38.1 Å². The van der Waals surface area contributed by atoms with Crippen LogP contribution < -0.4 is 10.5 Å². The number of benzene rings is 1. The molecule has 3 aliphatic rings. The van der Waals surface area contributed by atoms with Gasteiger partial charge in [0.05, 0.1) is 13.0 Å². The van der Waals surface area contributed by atoms with Crippen LogP contribution in [0, 0.1) is 23.7 Å². The van der Waals surface area contributed by atoms with Crippen LogP contribution in [0.25, 0.3) is 0 Å². The first-order chi connectivity index (χ1) is 12.2. The van der Waals surface area contributed by atoms with Gasteiger partial charge < -0.3 is 15.4 Å². The molecule has 144 valence electrons. The highest BCUT2D eigenvalue weighted by molar-refractivity contribution is 5.85. The number of halogens is 1. The van der Waals surface area contributed by atoms with Crippen molar-refractivity contribution in [2.24, 2.45) is 29.4 Å². The average molecular weight is 379 g/mol. The van der Waals surface area contributed by atoms with E-state index in [-0.39, 0.29) is 24.4 Å². The number of nitrogens with zero attached hydrogens (tertiary/aromatic N) is 1. The minimum atomic E-state index is 0. The molecule has 1 heterocycles. The third kappa shape index (κ3) is 3.72. The fourth-order valence-corrected chi connectivity index (χ4v) is 5.37. The maximum atomic E-state index is 13.0. The number of methoxy groups -OCH3 is 1. The van der Waals surface area contributed by atoms with Gasteiger partial charge in [0.15, 0.2) is 0 Å². The number of ether oxygens (including phenoxy) is 1. The number of carbonyl (C=O) groups is 1. The lowest BCUT2D eigenvalue weighted by atomic mass is 9.83. The SMILES string of the molecule is COc1ccc(CC2CCN(C(=O)C3C4CCC(C4)C3N)CC2)cc1.Cl. The third-order valence-electron chi connectivity index (χ3n) is 6.88. The minimum Gasteiger partial charge on any atom is -0.497 e. The number of hydrogen-bond acceptors (Lipinski definition) is 3. The van der Waals surface area contributed by atoms with Crippen LogP contribution in [0.2, 0.25) is 0 Å². The van der Waals surface area contributed by atoms with Gasteiger partial charge in [-0.3, -0.25) is 4.79 Å². The van der Waals surface area contributed by atoms with E-state index in [4.69, 9.17) is 10.5 Å². The molecule has 26 heavy (non-hydrogen) atoms. The van der Waals surface area contributed by atoms with Crippen molar-refractivity contribution in [3.05, 3.63) is 29.8 Å². The molecule has 1 aliphatic heterocycles. The van der Waals surface area contributed by atoms with Gasteiger partial charge in [0.25, 0.3) is 0 Å². The number of nitrogens with two attached hydrogens (primary N) is 1. The average Bonchev–Trinajstić information content (AvgIpc) is 3.24. The zero-order valence-electron chi connectivity index (χ0n) is 15.6. The Balaban J connectivity index is 0.00000196. The molecule has 4 unspecified atom stereocenters. The van der Waals surface area contributed by atoms with Crippen LogP contribution in [0.1, 0.15) is 37.7 Å². The Hall–Kier alpha value is -1.26. The van der Waals surface area contributed by atoms with Crippen LogP contribution in [0.4, 0.5) is 0 Å². The van der Waals surface area contributed by atoms with E-state index in [1.54, 1.807) is 7.11 Å². The molecule has 2 aliphatic carbocycles. The number of piperidine rings is 1. The highest BCUT2D eigenvalue weighted by Crippen LogP contribution is 2.48. The summed E-state index contributed by atoms with van der Waals surface area (Å²) in [4.78, 5) is 15.1. The predicted molar refractivity (Wildman–Crippen MR) is 106 cm³/mol. The molecular formula is C21H31ClN2O2. The second-order valence-electron chi connectivity index (χ2n) is 8.26. The molecule has 4 atom stereocenters. The molecule has 2 N–H and O–H groups in total. The van der Waals surface area contributed by atoms with Crippen LogP contribution in [0.5, 0.6) is 5.75 Å². The van der Waals surface area contributed by atoms with Crippen molar-refractivity contribution in [2.75, 3.05) is 20.2 Å². The monoisotopic (exact) mass is 378 g/mol. The van der Waals surface area contributed by atoms with Crippen LogP contribution in [0.3, 0.4) is 0 Å². The summed E-state index contributed by atoms with van der Waals surface area (Å²) in [6, 6.07) is 8.49. The van der Waals surface area contributed by atoms with Crippen molar-refractivity contribution >= 4 is 18.3 Å².